The highest BCUT2D eigenvalue weighted by Gasteiger charge is 2.20. The number of esters is 1. The van der Waals surface area contributed by atoms with Crippen LogP contribution in [0.15, 0.2) is 0 Å². The van der Waals surface area contributed by atoms with Crippen molar-refractivity contribution in [2.45, 2.75) is 13.8 Å². The van der Waals surface area contributed by atoms with Crippen molar-refractivity contribution in [3.63, 3.8) is 0 Å². The quantitative estimate of drug-likeness (QED) is 0.613. The number of ether oxygens (including phenoxy) is 1. The van der Waals surface area contributed by atoms with Crippen LogP contribution in [0, 0.1) is 13.8 Å². The lowest BCUT2D eigenvalue weighted by Gasteiger charge is -2.04. The second-order valence-corrected chi connectivity index (χ2v) is 4.63. The van der Waals surface area contributed by atoms with Crippen molar-refractivity contribution in [3.05, 3.63) is 16.0 Å². The number of carbonyl (C=O) groups excluding carboxylic acids is 1. The molecule has 0 aliphatic rings. The summed E-state index contributed by atoms with van der Waals surface area (Å²) in [5.41, 5.74) is 6.77. The molecule has 0 saturated carbocycles. The van der Waals surface area contributed by atoms with Gasteiger partial charge < -0.3 is 15.8 Å². The minimum Gasteiger partial charge on any atom is -0.465 e. The van der Waals surface area contributed by atoms with Crippen LogP contribution in [0.4, 0.5) is 5.00 Å². The summed E-state index contributed by atoms with van der Waals surface area (Å²) < 4.78 is 4.70. The van der Waals surface area contributed by atoms with E-state index in [1.54, 1.807) is 0 Å². The monoisotopic (exact) mass is 244 g/mol. The highest BCUT2D eigenvalue weighted by molar-refractivity contribution is 7.80. The van der Waals surface area contributed by atoms with Crippen molar-refractivity contribution in [2.75, 3.05) is 12.4 Å². The van der Waals surface area contributed by atoms with Gasteiger partial charge >= 0.3 is 5.97 Å². The molecular formula is C9H12N2O2S2. The van der Waals surface area contributed by atoms with Crippen LogP contribution in [0.25, 0.3) is 0 Å². The second kappa shape index (κ2) is 4.59. The van der Waals surface area contributed by atoms with Crippen LogP contribution in [-0.2, 0) is 4.74 Å². The molecule has 82 valence electrons. The standard InChI is InChI=1S/C9H12N2O2S2/c1-4-5(2)15-7(11-9(10)14)6(4)8(12)13-3/h1-3H3,(H3,10,11,14). The molecule has 1 aromatic rings. The summed E-state index contributed by atoms with van der Waals surface area (Å²) in [6.45, 7) is 3.79. The summed E-state index contributed by atoms with van der Waals surface area (Å²) in [7, 11) is 1.35. The highest BCUT2D eigenvalue weighted by atomic mass is 32.1. The van der Waals surface area contributed by atoms with Gasteiger partial charge in [0.15, 0.2) is 5.11 Å². The van der Waals surface area contributed by atoms with Gasteiger partial charge in [-0.25, -0.2) is 4.79 Å². The van der Waals surface area contributed by atoms with Crippen molar-refractivity contribution in [1.29, 1.82) is 0 Å². The molecule has 0 radical (unpaired) electrons. The van der Waals surface area contributed by atoms with E-state index in [1.165, 1.54) is 18.4 Å². The van der Waals surface area contributed by atoms with E-state index in [9.17, 15) is 4.79 Å². The lowest BCUT2D eigenvalue weighted by Crippen LogP contribution is -2.20. The predicted octanol–water partition coefficient (Wildman–Crippen LogP) is 1.81. The van der Waals surface area contributed by atoms with Crippen LogP contribution >= 0.6 is 23.6 Å². The molecule has 0 atom stereocenters. The van der Waals surface area contributed by atoms with Crippen LogP contribution < -0.4 is 11.1 Å². The van der Waals surface area contributed by atoms with Gasteiger partial charge in [0, 0.05) is 4.88 Å². The molecular weight excluding hydrogens is 232 g/mol. The Kier molecular flexibility index (Phi) is 3.65. The molecule has 0 fully saturated rings. The van der Waals surface area contributed by atoms with Crippen molar-refractivity contribution in [1.82, 2.24) is 0 Å². The molecule has 15 heavy (non-hydrogen) atoms. The smallest absolute Gasteiger partial charge is 0.341 e. The number of rotatable bonds is 2. The minimum absolute atomic E-state index is 0.140. The molecule has 0 aliphatic carbocycles. The number of hydrogen-bond acceptors (Lipinski definition) is 4. The third-order valence-electron chi connectivity index (χ3n) is 2.01. The summed E-state index contributed by atoms with van der Waals surface area (Å²) in [6.07, 6.45) is 0. The molecule has 1 heterocycles. The summed E-state index contributed by atoms with van der Waals surface area (Å²) in [6, 6.07) is 0. The van der Waals surface area contributed by atoms with Gasteiger partial charge in [-0.15, -0.1) is 11.3 Å². The molecule has 1 aromatic heterocycles. The van der Waals surface area contributed by atoms with Crippen LogP contribution in [0.1, 0.15) is 20.8 Å². The van der Waals surface area contributed by atoms with E-state index < -0.39 is 0 Å². The molecule has 0 amide bonds. The molecule has 0 spiro atoms. The summed E-state index contributed by atoms with van der Waals surface area (Å²) >= 11 is 6.17. The van der Waals surface area contributed by atoms with E-state index >= 15 is 0 Å². The fourth-order valence-corrected chi connectivity index (χ4v) is 2.40. The van der Waals surface area contributed by atoms with Gasteiger partial charge in [0.25, 0.3) is 0 Å². The third-order valence-corrected chi connectivity index (χ3v) is 3.24. The minimum atomic E-state index is -0.379. The average molecular weight is 244 g/mol. The van der Waals surface area contributed by atoms with E-state index in [2.05, 4.69) is 5.32 Å². The molecule has 0 unspecified atom stereocenters. The molecule has 0 aliphatic heterocycles. The predicted molar refractivity (Wildman–Crippen MR) is 65.5 cm³/mol. The van der Waals surface area contributed by atoms with Gasteiger partial charge in [0.05, 0.1) is 12.7 Å². The summed E-state index contributed by atoms with van der Waals surface area (Å²) in [5.74, 6) is -0.379. The Labute approximate surface area is 97.4 Å². The number of aryl methyl sites for hydroxylation is 1. The zero-order valence-corrected chi connectivity index (χ0v) is 10.3. The first-order valence-electron chi connectivity index (χ1n) is 4.22. The molecule has 6 heteroatoms. The van der Waals surface area contributed by atoms with Crippen LogP contribution in [-0.4, -0.2) is 18.2 Å². The highest BCUT2D eigenvalue weighted by Crippen LogP contribution is 2.32. The molecule has 0 saturated heterocycles. The van der Waals surface area contributed by atoms with Crippen LogP contribution in [0.5, 0.6) is 0 Å². The first kappa shape index (κ1) is 11.9. The summed E-state index contributed by atoms with van der Waals surface area (Å²) in [4.78, 5) is 12.5. The average Bonchev–Trinajstić information content (AvgIpc) is 2.41. The number of thiocarbonyl (C=S) groups is 1. The van der Waals surface area contributed by atoms with Crippen molar-refractivity contribution in [3.8, 4) is 0 Å². The number of hydrogen-bond donors (Lipinski definition) is 2. The first-order valence-corrected chi connectivity index (χ1v) is 5.44. The topological polar surface area (TPSA) is 64.3 Å². The van der Waals surface area contributed by atoms with Crippen molar-refractivity contribution < 1.29 is 9.53 Å². The Morgan fingerprint density at radius 2 is 2.13 bits per heavy atom. The largest absolute Gasteiger partial charge is 0.465 e. The van der Waals surface area contributed by atoms with E-state index in [-0.39, 0.29) is 11.1 Å². The third kappa shape index (κ3) is 2.45. The number of nitrogens with one attached hydrogen (secondary N) is 1. The van der Waals surface area contributed by atoms with Crippen molar-refractivity contribution in [2.24, 2.45) is 5.73 Å². The summed E-state index contributed by atoms with van der Waals surface area (Å²) in [5, 5.41) is 3.56. The maximum absolute atomic E-state index is 11.5. The lowest BCUT2D eigenvalue weighted by atomic mass is 10.1. The molecule has 0 bridgehead atoms. The van der Waals surface area contributed by atoms with Gasteiger partial charge in [-0.2, -0.15) is 0 Å². The SMILES string of the molecule is COC(=O)c1c(NC(N)=S)sc(C)c1C. The Morgan fingerprint density at radius 3 is 2.60 bits per heavy atom. The number of anilines is 1. The lowest BCUT2D eigenvalue weighted by molar-refractivity contribution is 0.0601. The number of thiophene rings is 1. The number of methoxy groups -OCH3 is 1. The Hall–Kier alpha value is -1.14. The molecule has 0 aromatic carbocycles. The van der Waals surface area contributed by atoms with Gasteiger partial charge in [-0.3, -0.25) is 0 Å². The number of carbonyl (C=O) groups is 1. The number of nitrogens with two attached hydrogens (primary N) is 1. The zero-order chi connectivity index (χ0) is 11.6. The van der Waals surface area contributed by atoms with Gasteiger partial charge in [-0.1, -0.05) is 0 Å². The van der Waals surface area contributed by atoms with Gasteiger partial charge in [-0.05, 0) is 31.6 Å². The second-order valence-electron chi connectivity index (χ2n) is 2.97. The van der Waals surface area contributed by atoms with Crippen molar-refractivity contribution >= 4 is 39.6 Å². The van der Waals surface area contributed by atoms with E-state index in [1.807, 2.05) is 13.8 Å². The van der Waals surface area contributed by atoms with E-state index in [4.69, 9.17) is 22.7 Å². The molecule has 4 nitrogen and oxygen atoms in total. The van der Waals surface area contributed by atoms with Crippen LogP contribution in [0.3, 0.4) is 0 Å². The fourth-order valence-electron chi connectivity index (χ4n) is 1.17. The van der Waals surface area contributed by atoms with Gasteiger partial charge in [0.2, 0.25) is 0 Å². The Balaban J connectivity index is 3.20. The zero-order valence-electron chi connectivity index (χ0n) is 8.71. The maximum atomic E-state index is 11.5. The van der Waals surface area contributed by atoms with Gasteiger partial charge in [0.1, 0.15) is 5.00 Å². The fraction of sp³-hybridized carbons (Fsp3) is 0.333. The van der Waals surface area contributed by atoms with E-state index in [0.29, 0.717) is 10.6 Å². The molecule has 3 N–H and O–H groups in total. The first-order chi connectivity index (χ1) is 6.97. The van der Waals surface area contributed by atoms with E-state index in [0.717, 1.165) is 10.4 Å². The van der Waals surface area contributed by atoms with Crippen LogP contribution in [0.2, 0.25) is 0 Å². The Bertz CT molecular complexity index is 412. The maximum Gasteiger partial charge on any atom is 0.341 e. The molecule has 1 rings (SSSR count). The Morgan fingerprint density at radius 1 is 1.53 bits per heavy atom. The normalized spacial score (nSPS) is 9.80.